The third kappa shape index (κ3) is 10.7. The number of rotatable bonds is 11. The molecule has 2 fully saturated rings. The van der Waals surface area contributed by atoms with Crippen molar-refractivity contribution in [3.63, 3.8) is 0 Å². The van der Waals surface area contributed by atoms with Crippen molar-refractivity contribution in [2.24, 2.45) is 0 Å². The van der Waals surface area contributed by atoms with Crippen molar-refractivity contribution in [3.8, 4) is 0 Å². The van der Waals surface area contributed by atoms with Gasteiger partial charge in [0.1, 0.15) is 43.6 Å². The van der Waals surface area contributed by atoms with Gasteiger partial charge in [-0.1, -0.05) is 0 Å². The number of carbonyl (C=O) groups excluding carboxylic acids is 7. The van der Waals surface area contributed by atoms with Crippen LogP contribution in [0.4, 0.5) is 0 Å². The average molecular weight is 635 g/mol. The van der Waals surface area contributed by atoms with Crippen LogP contribution in [0.5, 0.6) is 0 Å². The van der Waals surface area contributed by atoms with Crippen molar-refractivity contribution >= 4 is 41.7 Å². The van der Waals surface area contributed by atoms with Crippen LogP contribution >= 0.6 is 0 Å². The molecule has 0 aliphatic carbocycles. The average Bonchev–Trinajstić information content (AvgIpc) is 2.87. The van der Waals surface area contributed by atoms with Crippen LogP contribution < -0.4 is 10.6 Å². The van der Waals surface area contributed by atoms with Crippen molar-refractivity contribution in [2.75, 3.05) is 13.2 Å². The number of nitrogens with one attached hydrogen (secondary N) is 2. The second-order valence-corrected chi connectivity index (χ2v) is 9.99. The van der Waals surface area contributed by atoms with E-state index in [0.29, 0.717) is 0 Å². The van der Waals surface area contributed by atoms with Gasteiger partial charge in [-0.15, -0.1) is 0 Å². The van der Waals surface area contributed by atoms with Gasteiger partial charge in [0.15, 0.2) is 30.9 Å². The van der Waals surface area contributed by atoms with E-state index in [1.54, 1.807) is 0 Å². The van der Waals surface area contributed by atoms with Gasteiger partial charge < -0.3 is 53.6 Å². The monoisotopic (exact) mass is 634 g/mol. The van der Waals surface area contributed by atoms with E-state index in [1.807, 2.05) is 0 Å². The van der Waals surface area contributed by atoms with Crippen molar-refractivity contribution in [1.29, 1.82) is 0 Å². The largest absolute Gasteiger partial charge is 0.463 e. The molecular formula is C26H38N2O16. The lowest BCUT2D eigenvalue weighted by Crippen LogP contribution is -2.70. The van der Waals surface area contributed by atoms with E-state index in [2.05, 4.69) is 10.6 Å². The standard InChI is InChI=1S/C26H38N2O16/c1-10(29)27-19-23(21(39-14(5)33)17(42-25(19)36)8-37-12(3)31)44-26-20(28-11(2)30)24(41-16(7)35)22(40-15(6)34)18(43-26)9-38-13(4)32/h17-26,36H,8-9H2,1-7H3,(H,27,29)(H,28,30). The van der Waals surface area contributed by atoms with E-state index in [1.165, 1.54) is 0 Å². The summed E-state index contributed by atoms with van der Waals surface area (Å²) in [6.07, 6.45) is -12.1. The number of aliphatic hydroxyl groups is 1. The normalized spacial score (nSPS) is 31.5. The zero-order chi connectivity index (χ0) is 33.3. The molecule has 2 rings (SSSR count). The highest BCUT2D eigenvalue weighted by atomic mass is 16.7. The van der Waals surface area contributed by atoms with E-state index in [-0.39, 0.29) is 0 Å². The number of esters is 5. The Labute approximate surface area is 252 Å². The van der Waals surface area contributed by atoms with Gasteiger partial charge in [-0.05, 0) is 0 Å². The maximum Gasteiger partial charge on any atom is 0.303 e. The predicted molar refractivity (Wildman–Crippen MR) is 140 cm³/mol. The highest BCUT2D eigenvalue weighted by Gasteiger charge is 2.55. The van der Waals surface area contributed by atoms with Crippen LogP contribution in [0.2, 0.25) is 0 Å². The number of hydrogen-bond donors (Lipinski definition) is 3. The van der Waals surface area contributed by atoms with Gasteiger partial charge >= 0.3 is 29.8 Å². The molecule has 10 atom stereocenters. The quantitative estimate of drug-likeness (QED) is 0.161. The van der Waals surface area contributed by atoms with Crippen LogP contribution in [0.25, 0.3) is 0 Å². The van der Waals surface area contributed by atoms with Gasteiger partial charge in [0.2, 0.25) is 11.8 Å². The minimum atomic E-state index is -1.81. The molecule has 10 unspecified atom stereocenters. The fraction of sp³-hybridized carbons (Fsp3) is 0.731. The summed E-state index contributed by atoms with van der Waals surface area (Å²) in [5.74, 6) is -5.31. The maximum atomic E-state index is 12.3. The fourth-order valence-electron chi connectivity index (χ4n) is 4.70. The number of ether oxygens (including phenoxy) is 8. The molecule has 2 aliphatic heterocycles. The van der Waals surface area contributed by atoms with Crippen LogP contribution in [0.1, 0.15) is 48.5 Å². The Morgan fingerprint density at radius 3 is 1.41 bits per heavy atom. The number of carbonyl (C=O) groups is 7. The van der Waals surface area contributed by atoms with Crippen LogP contribution in [0.3, 0.4) is 0 Å². The van der Waals surface area contributed by atoms with Gasteiger partial charge in [0.05, 0.1) is 0 Å². The molecule has 0 aromatic heterocycles. The molecule has 18 heteroatoms. The third-order valence-electron chi connectivity index (χ3n) is 6.15. The second-order valence-electron chi connectivity index (χ2n) is 9.99. The van der Waals surface area contributed by atoms with Crippen molar-refractivity contribution < 1.29 is 76.6 Å². The molecule has 0 aromatic carbocycles. The van der Waals surface area contributed by atoms with Gasteiger partial charge in [0.25, 0.3) is 0 Å². The first-order valence-corrected chi connectivity index (χ1v) is 13.5. The number of aliphatic hydroxyl groups excluding tert-OH is 1. The van der Waals surface area contributed by atoms with Crippen molar-refractivity contribution in [2.45, 2.75) is 110 Å². The molecule has 18 nitrogen and oxygen atoms in total. The summed E-state index contributed by atoms with van der Waals surface area (Å²) in [6, 6.07) is -2.88. The summed E-state index contributed by atoms with van der Waals surface area (Å²) >= 11 is 0. The topological polar surface area (TPSA) is 238 Å². The summed E-state index contributed by atoms with van der Waals surface area (Å²) in [7, 11) is 0. The third-order valence-corrected chi connectivity index (χ3v) is 6.15. The highest BCUT2D eigenvalue weighted by Crippen LogP contribution is 2.33. The molecule has 2 aliphatic rings. The molecule has 248 valence electrons. The van der Waals surface area contributed by atoms with Gasteiger partial charge in [0, 0.05) is 48.5 Å². The summed E-state index contributed by atoms with van der Waals surface area (Å²) in [5, 5.41) is 15.8. The van der Waals surface area contributed by atoms with Crippen LogP contribution in [0, 0.1) is 0 Å². The van der Waals surface area contributed by atoms with Gasteiger partial charge in [-0.25, -0.2) is 0 Å². The smallest absolute Gasteiger partial charge is 0.303 e. The lowest BCUT2D eigenvalue weighted by atomic mass is 9.94. The van der Waals surface area contributed by atoms with E-state index in [0.717, 1.165) is 48.5 Å². The minimum absolute atomic E-state index is 0.517. The summed E-state index contributed by atoms with van der Waals surface area (Å²) in [5.41, 5.74) is 0. The minimum Gasteiger partial charge on any atom is -0.463 e. The molecular weight excluding hydrogens is 596 g/mol. The molecule has 3 N–H and O–H groups in total. The van der Waals surface area contributed by atoms with Gasteiger partial charge in [-0.3, -0.25) is 33.6 Å². The van der Waals surface area contributed by atoms with Crippen molar-refractivity contribution in [3.05, 3.63) is 0 Å². The zero-order valence-electron chi connectivity index (χ0n) is 25.3. The Kier molecular flexibility index (Phi) is 13.4. The molecule has 0 aromatic rings. The lowest BCUT2D eigenvalue weighted by molar-refractivity contribution is -0.326. The van der Waals surface area contributed by atoms with Crippen LogP contribution in [-0.4, -0.2) is 121 Å². The number of amides is 2. The maximum absolute atomic E-state index is 12.3. The van der Waals surface area contributed by atoms with Gasteiger partial charge in [-0.2, -0.15) is 0 Å². The van der Waals surface area contributed by atoms with E-state index >= 15 is 0 Å². The Bertz CT molecular complexity index is 1100. The van der Waals surface area contributed by atoms with Crippen molar-refractivity contribution in [1.82, 2.24) is 10.6 Å². The first-order valence-electron chi connectivity index (χ1n) is 13.5. The Hall–Kier alpha value is -3.87. The molecule has 0 spiro atoms. The first-order chi connectivity index (χ1) is 20.5. The van der Waals surface area contributed by atoms with E-state index in [4.69, 9.17) is 37.9 Å². The Morgan fingerprint density at radius 1 is 0.568 bits per heavy atom. The first kappa shape index (κ1) is 36.3. The Balaban J connectivity index is 2.66. The molecule has 0 radical (unpaired) electrons. The van der Waals surface area contributed by atoms with Crippen LogP contribution in [0.15, 0.2) is 0 Å². The Morgan fingerprint density at radius 2 is 0.977 bits per heavy atom. The second kappa shape index (κ2) is 16.3. The summed E-state index contributed by atoms with van der Waals surface area (Å²) in [4.78, 5) is 83.9. The molecule has 0 bridgehead atoms. The van der Waals surface area contributed by atoms with Crippen LogP contribution in [-0.2, 0) is 71.5 Å². The van der Waals surface area contributed by atoms with E-state index in [9.17, 15) is 38.7 Å². The molecule has 2 saturated heterocycles. The highest BCUT2D eigenvalue weighted by molar-refractivity contribution is 5.74. The summed E-state index contributed by atoms with van der Waals surface area (Å²) < 4.78 is 44.0. The molecule has 2 amide bonds. The predicted octanol–water partition coefficient (Wildman–Crippen LogP) is -2.26. The van der Waals surface area contributed by atoms with E-state index < -0.39 is 116 Å². The molecule has 44 heavy (non-hydrogen) atoms. The lowest BCUT2D eigenvalue weighted by Gasteiger charge is -2.49. The summed E-state index contributed by atoms with van der Waals surface area (Å²) in [6.45, 7) is 6.60. The fourth-order valence-corrected chi connectivity index (χ4v) is 4.70. The molecule has 0 saturated carbocycles. The SMILES string of the molecule is CC(=O)NC1C(O)OC(COC(C)=O)C(OC(C)=O)C1OC1OC(COC(C)=O)C(OC(C)=O)C(OC(C)=O)C1NC(C)=O. The zero-order valence-corrected chi connectivity index (χ0v) is 25.3. The molecule has 2 heterocycles. The number of hydrogen-bond acceptors (Lipinski definition) is 16.